The predicted molar refractivity (Wildman–Crippen MR) is 82.7 cm³/mol. The zero-order chi connectivity index (χ0) is 14.4. The Morgan fingerprint density at radius 2 is 1.70 bits per heavy atom. The van der Waals surface area contributed by atoms with Crippen molar-refractivity contribution < 1.29 is 4.79 Å². The third-order valence-corrected chi connectivity index (χ3v) is 4.95. The van der Waals surface area contributed by atoms with Gasteiger partial charge in [-0.15, -0.1) is 0 Å². The maximum Gasteiger partial charge on any atom is 0.236 e. The lowest BCUT2D eigenvalue weighted by atomic mass is 9.94. The fraction of sp³-hybridized carbons (Fsp3) is 0.938. The molecule has 1 saturated carbocycles. The molecule has 116 valence electrons. The average molecular weight is 281 g/mol. The summed E-state index contributed by atoms with van der Waals surface area (Å²) >= 11 is 0. The summed E-state index contributed by atoms with van der Waals surface area (Å²) in [7, 11) is 4.09. The molecule has 1 aliphatic heterocycles. The summed E-state index contributed by atoms with van der Waals surface area (Å²) in [5.74, 6) is 1.06. The molecular formula is C16H31N3O. The number of amides is 1. The van der Waals surface area contributed by atoms with E-state index in [1.54, 1.807) is 0 Å². The van der Waals surface area contributed by atoms with Crippen LogP contribution in [0.15, 0.2) is 0 Å². The van der Waals surface area contributed by atoms with E-state index in [-0.39, 0.29) is 0 Å². The van der Waals surface area contributed by atoms with Gasteiger partial charge in [0.05, 0.1) is 6.54 Å². The Hall–Kier alpha value is -0.610. The molecule has 2 aliphatic rings. The molecule has 1 heterocycles. The lowest BCUT2D eigenvalue weighted by Gasteiger charge is -2.33. The third kappa shape index (κ3) is 4.74. The number of hydrogen-bond donors (Lipinski definition) is 1. The van der Waals surface area contributed by atoms with Crippen molar-refractivity contribution in [3.63, 3.8) is 0 Å². The molecule has 0 atom stereocenters. The van der Waals surface area contributed by atoms with Gasteiger partial charge in [0.15, 0.2) is 0 Å². The molecular weight excluding hydrogens is 250 g/mol. The molecule has 20 heavy (non-hydrogen) atoms. The van der Waals surface area contributed by atoms with Crippen LogP contribution in [0.1, 0.15) is 44.9 Å². The highest BCUT2D eigenvalue weighted by molar-refractivity contribution is 5.78. The van der Waals surface area contributed by atoms with Crippen LogP contribution in [0.5, 0.6) is 0 Å². The number of hydrogen-bond acceptors (Lipinski definition) is 3. The highest BCUT2D eigenvalue weighted by Crippen LogP contribution is 2.21. The Morgan fingerprint density at radius 3 is 2.35 bits per heavy atom. The van der Waals surface area contributed by atoms with Gasteiger partial charge in [0, 0.05) is 19.6 Å². The van der Waals surface area contributed by atoms with Crippen molar-refractivity contribution in [1.29, 1.82) is 0 Å². The fourth-order valence-electron chi connectivity index (χ4n) is 3.58. The Bertz CT molecular complexity index is 296. The van der Waals surface area contributed by atoms with E-state index in [2.05, 4.69) is 17.3 Å². The van der Waals surface area contributed by atoms with Crippen LogP contribution in [0.2, 0.25) is 0 Å². The zero-order valence-electron chi connectivity index (χ0n) is 13.2. The van der Waals surface area contributed by atoms with Crippen molar-refractivity contribution in [3.8, 4) is 0 Å². The number of nitrogens with zero attached hydrogens (tertiary/aromatic N) is 2. The SMILES string of the molecule is CN(CC(=O)N(C)C1CCCCC1)CC1CCNCC1. The second kappa shape index (κ2) is 7.99. The molecule has 4 nitrogen and oxygen atoms in total. The topological polar surface area (TPSA) is 35.6 Å². The van der Waals surface area contributed by atoms with Gasteiger partial charge in [0.1, 0.15) is 0 Å². The number of piperidine rings is 1. The van der Waals surface area contributed by atoms with E-state index >= 15 is 0 Å². The molecule has 0 spiro atoms. The lowest BCUT2D eigenvalue weighted by molar-refractivity contribution is -0.133. The van der Waals surface area contributed by atoms with Crippen LogP contribution in [-0.4, -0.2) is 62.0 Å². The van der Waals surface area contributed by atoms with Gasteiger partial charge in [-0.2, -0.15) is 0 Å². The highest BCUT2D eigenvalue weighted by Gasteiger charge is 2.23. The quantitative estimate of drug-likeness (QED) is 0.833. The molecule has 0 radical (unpaired) electrons. The maximum absolute atomic E-state index is 12.4. The van der Waals surface area contributed by atoms with Gasteiger partial charge in [0.25, 0.3) is 0 Å². The van der Waals surface area contributed by atoms with E-state index in [1.165, 1.54) is 44.9 Å². The summed E-state index contributed by atoms with van der Waals surface area (Å²) in [6.07, 6.45) is 8.79. The predicted octanol–water partition coefficient (Wildman–Crippen LogP) is 1.71. The minimum atomic E-state index is 0.299. The molecule has 0 aromatic carbocycles. The Labute approximate surface area is 123 Å². The van der Waals surface area contributed by atoms with Crippen LogP contribution in [0.25, 0.3) is 0 Å². The monoisotopic (exact) mass is 281 g/mol. The van der Waals surface area contributed by atoms with Crippen molar-refractivity contribution in [2.75, 3.05) is 40.3 Å². The molecule has 1 amide bonds. The first-order valence-corrected chi connectivity index (χ1v) is 8.31. The minimum absolute atomic E-state index is 0.299. The molecule has 1 N–H and O–H groups in total. The Morgan fingerprint density at radius 1 is 1.05 bits per heavy atom. The van der Waals surface area contributed by atoms with E-state index in [1.807, 2.05) is 11.9 Å². The van der Waals surface area contributed by atoms with Gasteiger partial charge in [0.2, 0.25) is 5.91 Å². The van der Waals surface area contributed by atoms with Gasteiger partial charge in [-0.25, -0.2) is 0 Å². The van der Waals surface area contributed by atoms with Crippen LogP contribution in [-0.2, 0) is 4.79 Å². The van der Waals surface area contributed by atoms with Gasteiger partial charge in [-0.05, 0) is 51.7 Å². The van der Waals surface area contributed by atoms with E-state index in [9.17, 15) is 4.79 Å². The fourth-order valence-corrected chi connectivity index (χ4v) is 3.58. The summed E-state index contributed by atoms with van der Waals surface area (Å²) in [5, 5.41) is 3.40. The molecule has 1 aliphatic carbocycles. The summed E-state index contributed by atoms with van der Waals surface area (Å²) in [6, 6.07) is 0.489. The minimum Gasteiger partial charge on any atom is -0.342 e. The number of carbonyl (C=O) groups is 1. The first kappa shape index (κ1) is 15.8. The highest BCUT2D eigenvalue weighted by atomic mass is 16.2. The first-order chi connectivity index (χ1) is 9.66. The molecule has 0 aromatic rings. The second-order valence-corrected chi connectivity index (χ2v) is 6.69. The maximum atomic E-state index is 12.4. The van der Waals surface area contributed by atoms with Crippen LogP contribution < -0.4 is 5.32 Å². The van der Waals surface area contributed by atoms with Gasteiger partial charge < -0.3 is 10.2 Å². The summed E-state index contributed by atoms with van der Waals surface area (Å²) in [6.45, 7) is 3.91. The van der Waals surface area contributed by atoms with Crippen LogP contribution >= 0.6 is 0 Å². The standard InChI is InChI=1S/C16H31N3O/c1-18(12-14-8-10-17-11-9-14)13-16(20)19(2)15-6-4-3-5-7-15/h14-15,17H,3-13H2,1-2H3. The zero-order valence-corrected chi connectivity index (χ0v) is 13.2. The lowest BCUT2D eigenvalue weighted by Crippen LogP contribution is -2.44. The van der Waals surface area contributed by atoms with E-state index in [0.29, 0.717) is 18.5 Å². The molecule has 0 bridgehead atoms. The summed E-state index contributed by atoms with van der Waals surface area (Å²) in [4.78, 5) is 16.6. The Kier molecular flexibility index (Phi) is 6.30. The van der Waals surface area contributed by atoms with Gasteiger partial charge in [-0.3, -0.25) is 9.69 Å². The number of rotatable bonds is 5. The molecule has 1 saturated heterocycles. The molecule has 4 heteroatoms. The normalized spacial score (nSPS) is 22.1. The van der Waals surface area contributed by atoms with E-state index < -0.39 is 0 Å². The van der Waals surface area contributed by atoms with Crippen molar-refractivity contribution in [2.45, 2.75) is 51.0 Å². The van der Waals surface area contributed by atoms with Crippen LogP contribution in [0.3, 0.4) is 0 Å². The molecule has 2 rings (SSSR count). The summed E-state index contributed by atoms with van der Waals surface area (Å²) in [5.41, 5.74) is 0. The van der Waals surface area contributed by atoms with Crippen LogP contribution in [0.4, 0.5) is 0 Å². The summed E-state index contributed by atoms with van der Waals surface area (Å²) < 4.78 is 0. The van der Waals surface area contributed by atoms with Crippen molar-refractivity contribution in [2.24, 2.45) is 5.92 Å². The first-order valence-electron chi connectivity index (χ1n) is 8.31. The largest absolute Gasteiger partial charge is 0.342 e. The van der Waals surface area contributed by atoms with Gasteiger partial charge >= 0.3 is 0 Å². The smallest absolute Gasteiger partial charge is 0.236 e. The van der Waals surface area contributed by atoms with Gasteiger partial charge in [-0.1, -0.05) is 19.3 Å². The van der Waals surface area contributed by atoms with Crippen LogP contribution in [0, 0.1) is 5.92 Å². The van der Waals surface area contributed by atoms with E-state index in [4.69, 9.17) is 0 Å². The number of likely N-dealkylation sites (N-methyl/N-ethyl adjacent to an activating group) is 2. The van der Waals surface area contributed by atoms with Crippen molar-refractivity contribution in [1.82, 2.24) is 15.1 Å². The third-order valence-electron chi connectivity index (χ3n) is 4.95. The molecule has 2 fully saturated rings. The molecule has 0 aromatic heterocycles. The number of nitrogens with one attached hydrogen (secondary N) is 1. The van der Waals surface area contributed by atoms with E-state index in [0.717, 1.165) is 25.6 Å². The Balaban J connectivity index is 1.71. The number of carbonyl (C=O) groups excluding carboxylic acids is 1. The average Bonchev–Trinajstić information content (AvgIpc) is 2.48. The second-order valence-electron chi connectivity index (χ2n) is 6.69. The molecule has 0 unspecified atom stereocenters. The van der Waals surface area contributed by atoms with Crippen molar-refractivity contribution in [3.05, 3.63) is 0 Å². The van der Waals surface area contributed by atoms with Crippen molar-refractivity contribution >= 4 is 5.91 Å².